The van der Waals surface area contributed by atoms with Crippen molar-refractivity contribution >= 4 is 11.5 Å². The molecule has 1 atom stereocenters. The first kappa shape index (κ1) is 29.6. The highest BCUT2D eigenvalue weighted by Gasteiger charge is 2.48. The lowest BCUT2D eigenvalue weighted by Gasteiger charge is -2.27. The number of methoxy groups -OCH3 is 3. The summed E-state index contributed by atoms with van der Waals surface area (Å²) in [6, 6.07) is 15.6. The maximum Gasteiger partial charge on any atom is 0.342 e. The van der Waals surface area contributed by atoms with Gasteiger partial charge >= 0.3 is 5.97 Å². The van der Waals surface area contributed by atoms with Crippen LogP contribution in [-0.4, -0.2) is 83.6 Å². The highest BCUT2D eigenvalue weighted by atomic mass is 16.7. The monoisotopic (exact) mass is 605 g/mol. The molecule has 0 spiro atoms. The van der Waals surface area contributed by atoms with E-state index in [9.17, 15) is 9.90 Å². The van der Waals surface area contributed by atoms with Crippen LogP contribution < -0.4 is 28.4 Å². The van der Waals surface area contributed by atoms with Gasteiger partial charge in [0.25, 0.3) is 5.79 Å². The normalized spacial score (nSPS) is 19.6. The number of hydrogen-bond donors (Lipinski definition) is 1. The van der Waals surface area contributed by atoms with Gasteiger partial charge < -0.3 is 43.0 Å². The van der Waals surface area contributed by atoms with E-state index >= 15 is 0 Å². The zero-order chi connectivity index (χ0) is 30.7. The number of rotatable bonds is 11. The van der Waals surface area contributed by atoms with E-state index < -0.39 is 11.8 Å². The lowest BCUT2D eigenvalue weighted by molar-refractivity contribution is -0.185. The topological polar surface area (TPSA) is 114 Å². The van der Waals surface area contributed by atoms with Crippen molar-refractivity contribution in [2.24, 2.45) is 0 Å². The maximum atomic E-state index is 13.5. The molecule has 3 aromatic rings. The first-order valence-corrected chi connectivity index (χ1v) is 14.3. The van der Waals surface area contributed by atoms with Crippen LogP contribution in [0.4, 0.5) is 0 Å². The molecule has 11 heteroatoms. The maximum absolute atomic E-state index is 13.5. The Hall–Kier alpha value is -4.45. The predicted molar refractivity (Wildman–Crippen MR) is 158 cm³/mol. The zero-order valence-electron chi connectivity index (χ0n) is 24.9. The number of aliphatic hydroxyl groups is 1. The van der Waals surface area contributed by atoms with E-state index in [0.29, 0.717) is 76.6 Å². The summed E-state index contributed by atoms with van der Waals surface area (Å²) in [7, 11) is 4.66. The second-order valence-electron chi connectivity index (χ2n) is 10.5. The van der Waals surface area contributed by atoms with Gasteiger partial charge in [0.15, 0.2) is 23.0 Å². The van der Waals surface area contributed by atoms with Gasteiger partial charge in [-0.05, 0) is 59.7 Å². The minimum atomic E-state index is -2.06. The van der Waals surface area contributed by atoms with E-state index in [-0.39, 0.29) is 18.8 Å². The largest absolute Gasteiger partial charge is 0.497 e. The number of ether oxygens (including phenoxy) is 8. The second-order valence-corrected chi connectivity index (χ2v) is 10.5. The molecule has 1 fully saturated rings. The summed E-state index contributed by atoms with van der Waals surface area (Å²) in [6.07, 6.45) is 0.123. The van der Waals surface area contributed by atoms with Crippen LogP contribution in [-0.2, 0) is 26.5 Å². The molecule has 3 heterocycles. The number of carbonyl (C=O) groups is 1. The van der Waals surface area contributed by atoms with Crippen molar-refractivity contribution in [3.05, 3.63) is 76.9 Å². The first-order valence-electron chi connectivity index (χ1n) is 14.3. The summed E-state index contributed by atoms with van der Waals surface area (Å²) in [5.74, 6) is 0.345. The van der Waals surface area contributed by atoms with Crippen LogP contribution in [0.15, 0.2) is 60.2 Å². The van der Waals surface area contributed by atoms with Gasteiger partial charge in [0, 0.05) is 37.2 Å². The summed E-state index contributed by atoms with van der Waals surface area (Å²) < 4.78 is 45.1. The van der Waals surface area contributed by atoms with Crippen molar-refractivity contribution in [1.82, 2.24) is 4.90 Å². The van der Waals surface area contributed by atoms with Crippen LogP contribution >= 0.6 is 0 Å². The molecule has 0 bridgehead atoms. The van der Waals surface area contributed by atoms with E-state index in [0.717, 1.165) is 19.6 Å². The van der Waals surface area contributed by atoms with Crippen molar-refractivity contribution in [2.75, 3.05) is 67.6 Å². The zero-order valence-corrected chi connectivity index (χ0v) is 24.9. The highest BCUT2D eigenvalue weighted by Crippen LogP contribution is 2.48. The van der Waals surface area contributed by atoms with Gasteiger partial charge in [-0.3, -0.25) is 4.90 Å². The molecule has 1 N–H and O–H groups in total. The number of benzene rings is 3. The molecule has 6 rings (SSSR count). The Kier molecular flexibility index (Phi) is 8.51. The summed E-state index contributed by atoms with van der Waals surface area (Å²) in [4.78, 5) is 15.8. The van der Waals surface area contributed by atoms with Crippen LogP contribution in [0.25, 0.3) is 5.57 Å². The lowest BCUT2D eigenvalue weighted by Crippen LogP contribution is -2.38. The van der Waals surface area contributed by atoms with Crippen molar-refractivity contribution < 1.29 is 47.8 Å². The number of morpholine rings is 1. The van der Waals surface area contributed by atoms with Gasteiger partial charge in [-0.1, -0.05) is 6.07 Å². The van der Waals surface area contributed by atoms with Crippen molar-refractivity contribution in [3.63, 3.8) is 0 Å². The van der Waals surface area contributed by atoms with Crippen molar-refractivity contribution in [2.45, 2.75) is 12.2 Å². The summed E-state index contributed by atoms with van der Waals surface area (Å²) >= 11 is 0. The van der Waals surface area contributed by atoms with Gasteiger partial charge in [-0.25, -0.2) is 4.79 Å². The fourth-order valence-corrected chi connectivity index (χ4v) is 5.65. The number of nitrogens with zero attached hydrogens (tertiary/aromatic N) is 1. The molecule has 11 nitrogen and oxygen atoms in total. The molecule has 3 aliphatic rings. The number of hydrogen-bond acceptors (Lipinski definition) is 11. The Morgan fingerprint density at radius 2 is 1.64 bits per heavy atom. The van der Waals surface area contributed by atoms with E-state index in [1.165, 1.54) is 0 Å². The lowest BCUT2D eigenvalue weighted by atomic mass is 9.88. The average molecular weight is 606 g/mol. The van der Waals surface area contributed by atoms with E-state index in [4.69, 9.17) is 37.9 Å². The summed E-state index contributed by atoms with van der Waals surface area (Å²) in [5.41, 5.74) is 2.19. The third kappa shape index (κ3) is 5.73. The fraction of sp³-hybridized carbons (Fsp3) is 0.364. The van der Waals surface area contributed by atoms with E-state index in [1.54, 1.807) is 69.9 Å². The first-order chi connectivity index (χ1) is 21.4. The molecule has 3 aliphatic heterocycles. The molecule has 0 aromatic heterocycles. The Bertz CT molecular complexity index is 1550. The summed E-state index contributed by atoms with van der Waals surface area (Å²) in [5, 5.41) is 12.1. The van der Waals surface area contributed by atoms with Gasteiger partial charge in [-0.15, -0.1) is 0 Å². The van der Waals surface area contributed by atoms with Gasteiger partial charge in [0.2, 0.25) is 12.5 Å². The molecule has 1 unspecified atom stereocenters. The predicted octanol–water partition coefficient (Wildman–Crippen LogP) is 3.55. The van der Waals surface area contributed by atoms with E-state index in [1.807, 2.05) is 6.07 Å². The van der Waals surface area contributed by atoms with Crippen LogP contribution in [0.5, 0.6) is 34.5 Å². The quantitative estimate of drug-likeness (QED) is 0.324. The Labute approximate surface area is 255 Å². The van der Waals surface area contributed by atoms with Gasteiger partial charge in [0.1, 0.15) is 12.4 Å². The third-order valence-electron chi connectivity index (χ3n) is 7.95. The Morgan fingerprint density at radius 1 is 0.886 bits per heavy atom. The van der Waals surface area contributed by atoms with Gasteiger partial charge in [0.05, 0.1) is 40.1 Å². The molecular formula is C33H35NO10. The standard InChI is InChI=1S/C33H35NO10/c1-37-24-7-5-23(6-8-24)33(36)25(30(32(35)44-33)22-4-9-26-27(19-22)43-20-42-26)16-21-17-28(38-2)31(39-3)29(18-21)41-15-12-34-10-13-40-14-11-34/h4-9,17-19,36H,10-16,20H2,1-3H3. The number of cyclic esters (lactones) is 1. The smallest absolute Gasteiger partial charge is 0.342 e. The van der Waals surface area contributed by atoms with Gasteiger partial charge in [-0.2, -0.15) is 0 Å². The van der Waals surface area contributed by atoms with Crippen LogP contribution in [0, 0.1) is 0 Å². The molecule has 3 aromatic carbocycles. The molecule has 44 heavy (non-hydrogen) atoms. The molecule has 232 valence electrons. The Morgan fingerprint density at radius 3 is 2.36 bits per heavy atom. The molecule has 0 aliphatic carbocycles. The third-order valence-corrected chi connectivity index (χ3v) is 7.95. The van der Waals surface area contributed by atoms with Crippen molar-refractivity contribution in [3.8, 4) is 34.5 Å². The minimum absolute atomic E-state index is 0.0882. The summed E-state index contributed by atoms with van der Waals surface area (Å²) in [6.45, 7) is 4.32. The average Bonchev–Trinajstić information content (AvgIpc) is 3.62. The number of esters is 1. The SMILES string of the molecule is COc1ccc(C2(O)OC(=O)C(c3ccc4c(c3)OCO4)=C2Cc2cc(OC)c(OC)c(OCCN3CCOCC3)c2)cc1. The second kappa shape index (κ2) is 12.7. The van der Waals surface area contributed by atoms with Crippen LogP contribution in [0.2, 0.25) is 0 Å². The van der Waals surface area contributed by atoms with E-state index in [2.05, 4.69) is 4.90 Å². The molecule has 0 saturated carbocycles. The fourth-order valence-electron chi connectivity index (χ4n) is 5.65. The van der Waals surface area contributed by atoms with Crippen LogP contribution in [0.1, 0.15) is 16.7 Å². The molecule has 0 radical (unpaired) electrons. The highest BCUT2D eigenvalue weighted by molar-refractivity contribution is 6.20. The van der Waals surface area contributed by atoms with Crippen molar-refractivity contribution in [1.29, 1.82) is 0 Å². The molecule has 0 amide bonds. The minimum Gasteiger partial charge on any atom is -0.497 e. The molecular weight excluding hydrogens is 570 g/mol. The Balaban J connectivity index is 1.40. The number of fused-ring (bicyclic) bond motifs is 1. The number of carbonyl (C=O) groups excluding carboxylic acids is 1. The van der Waals surface area contributed by atoms with Crippen LogP contribution in [0.3, 0.4) is 0 Å². The molecule has 1 saturated heterocycles.